The number of hydrogen-bond acceptors (Lipinski definition) is 3. The number of nitrogens with zero attached hydrogens (tertiary/aromatic N) is 1. The third kappa shape index (κ3) is 2.51. The van der Waals surface area contributed by atoms with Gasteiger partial charge in [0.25, 0.3) is 5.91 Å². The summed E-state index contributed by atoms with van der Waals surface area (Å²) in [6.07, 6.45) is 2.21. The van der Waals surface area contributed by atoms with Crippen molar-refractivity contribution in [2.24, 2.45) is 0 Å². The average Bonchev–Trinajstić information content (AvgIpc) is 2.87. The maximum Gasteiger partial charge on any atom is 0.325 e. The Balaban J connectivity index is 1.65. The van der Waals surface area contributed by atoms with Crippen LogP contribution in [0.4, 0.5) is 4.79 Å². The number of carbonyl (C=O) groups is 3. The second kappa shape index (κ2) is 6.25. The molecule has 1 fully saturated rings. The van der Waals surface area contributed by atoms with Crippen molar-refractivity contribution in [1.82, 2.24) is 10.2 Å². The summed E-state index contributed by atoms with van der Waals surface area (Å²) >= 11 is 6.06. The molecule has 2 aromatic rings. The maximum absolute atomic E-state index is 13.2. The molecule has 3 amide bonds. The number of benzene rings is 2. The molecule has 0 bridgehead atoms. The van der Waals surface area contributed by atoms with Crippen LogP contribution in [0.25, 0.3) is 0 Å². The first-order chi connectivity index (χ1) is 12.5. The summed E-state index contributed by atoms with van der Waals surface area (Å²) in [5, 5.41) is 3.16. The molecule has 26 heavy (non-hydrogen) atoms. The summed E-state index contributed by atoms with van der Waals surface area (Å²) in [4.78, 5) is 39.3. The molecule has 2 aromatic carbocycles. The highest BCUT2D eigenvalue weighted by Gasteiger charge is 2.54. The number of nitrogens with one attached hydrogen (secondary N) is 1. The molecule has 0 radical (unpaired) electrons. The van der Waals surface area contributed by atoms with Crippen molar-refractivity contribution in [3.63, 3.8) is 0 Å². The van der Waals surface area contributed by atoms with Gasteiger partial charge in [-0.3, -0.25) is 14.5 Å². The molecule has 0 aromatic heterocycles. The Kier molecular flexibility index (Phi) is 4.04. The van der Waals surface area contributed by atoms with Gasteiger partial charge in [0, 0.05) is 5.56 Å². The lowest BCUT2D eigenvalue weighted by Gasteiger charge is -2.33. The van der Waals surface area contributed by atoms with Crippen molar-refractivity contribution in [3.8, 4) is 0 Å². The van der Waals surface area contributed by atoms with Gasteiger partial charge in [0.2, 0.25) is 0 Å². The van der Waals surface area contributed by atoms with E-state index in [2.05, 4.69) is 5.32 Å². The topological polar surface area (TPSA) is 66.5 Å². The highest BCUT2D eigenvalue weighted by Crippen LogP contribution is 2.39. The van der Waals surface area contributed by atoms with Crippen LogP contribution in [0.5, 0.6) is 0 Å². The van der Waals surface area contributed by atoms with Crippen LogP contribution in [-0.4, -0.2) is 29.2 Å². The van der Waals surface area contributed by atoms with Crippen LogP contribution in [0, 0.1) is 0 Å². The van der Waals surface area contributed by atoms with E-state index in [1.807, 2.05) is 24.3 Å². The Morgan fingerprint density at radius 1 is 1.12 bits per heavy atom. The minimum atomic E-state index is -1.06. The molecule has 4 rings (SSSR count). The molecule has 1 spiro atoms. The maximum atomic E-state index is 13.2. The summed E-state index contributed by atoms with van der Waals surface area (Å²) in [5.74, 6) is -0.727. The monoisotopic (exact) mass is 368 g/mol. The molecule has 1 aliphatic heterocycles. The summed E-state index contributed by atoms with van der Waals surface area (Å²) < 4.78 is 0. The van der Waals surface area contributed by atoms with Crippen molar-refractivity contribution in [3.05, 3.63) is 70.2 Å². The second-order valence-electron chi connectivity index (χ2n) is 6.64. The normalized spacial score (nSPS) is 21.7. The molecule has 1 aliphatic carbocycles. The van der Waals surface area contributed by atoms with Crippen molar-refractivity contribution in [2.45, 2.75) is 24.8 Å². The van der Waals surface area contributed by atoms with Gasteiger partial charge in [-0.15, -0.1) is 0 Å². The van der Waals surface area contributed by atoms with Crippen LogP contribution in [0.1, 0.15) is 34.3 Å². The van der Waals surface area contributed by atoms with Crippen LogP contribution in [0.2, 0.25) is 5.02 Å². The molecular formula is C20H17ClN2O3. The number of fused-ring (bicyclic) bond motifs is 2. The number of aryl methyl sites for hydroxylation is 1. The third-order valence-electron chi connectivity index (χ3n) is 5.13. The van der Waals surface area contributed by atoms with E-state index < -0.39 is 11.6 Å². The summed E-state index contributed by atoms with van der Waals surface area (Å²) in [6.45, 7) is -0.321. The third-order valence-corrected chi connectivity index (χ3v) is 5.46. The number of rotatable bonds is 3. The van der Waals surface area contributed by atoms with E-state index in [0.29, 0.717) is 17.0 Å². The molecule has 0 unspecified atom stereocenters. The Labute approximate surface area is 155 Å². The van der Waals surface area contributed by atoms with Gasteiger partial charge in [-0.1, -0.05) is 48.0 Å². The fraction of sp³-hybridized carbons (Fsp3) is 0.250. The molecule has 6 heteroatoms. The number of carbonyl (C=O) groups excluding carboxylic acids is 3. The Morgan fingerprint density at radius 3 is 2.65 bits per heavy atom. The van der Waals surface area contributed by atoms with E-state index in [1.165, 1.54) is 0 Å². The van der Waals surface area contributed by atoms with E-state index in [1.54, 1.807) is 24.3 Å². The number of halogens is 1. The number of amides is 3. The summed E-state index contributed by atoms with van der Waals surface area (Å²) in [6, 6.07) is 13.7. The van der Waals surface area contributed by atoms with Crippen molar-refractivity contribution >= 4 is 29.3 Å². The second-order valence-corrected chi connectivity index (χ2v) is 7.05. The molecule has 1 atom stereocenters. The van der Waals surface area contributed by atoms with E-state index >= 15 is 0 Å². The van der Waals surface area contributed by atoms with Gasteiger partial charge in [-0.25, -0.2) is 4.79 Å². The molecule has 132 valence electrons. The first-order valence-electron chi connectivity index (χ1n) is 8.53. The van der Waals surface area contributed by atoms with Crippen LogP contribution < -0.4 is 5.32 Å². The highest BCUT2D eigenvalue weighted by molar-refractivity contribution is 6.34. The Hall–Kier alpha value is -2.66. The van der Waals surface area contributed by atoms with Gasteiger partial charge >= 0.3 is 6.03 Å². The van der Waals surface area contributed by atoms with E-state index in [0.717, 1.165) is 28.9 Å². The Bertz CT molecular complexity index is 927. The van der Waals surface area contributed by atoms with Gasteiger partial charge in [-0.05, 0) is 42.5 Å². The molecular weight excluding hydrogens is 352 g/mol. The number of Topliss-reactive ketones (excluding diaryl/α,β-unsaturated/α-hetero) is 1. The molecule has 5 nitrogen and oxygen atoms in total. The minimum absolute atomic E-state index is 0.305. The van der Waals surface area contributed by atoms with E-state index in [-0.39, 0.29) is 18.2 Å². The molecule has 0 saturated carbocycles. The average molecular weight is 369 g/mol. The van der Waals surface area contributed by atoms with Crippen LogP contribution in [0.15, 0.2) is 48.5 Å². The first kappa shape index (κ1) is 16.8. The number of ketones is 1. The number of hydrogen-bond donors (Lipinski definition) is 1. The predicted octanol–water partition coefficient (Wildman–Crippen LogP) is 3.31. The molecule has 1 heterocycles. The standard InChI is InChI=1S/C20H17ClN2O3/c21-16-10-4-2-8-14(16)17(24)12-23-18(25)20(22-19(23)26)11-5-7-13-6-1-3-9-15(13)20/h1-4,6,8-10H,5,7,11-12H2,(H,22,26)/t20-/m0/s1. The van der Waals surface area contributed by atoms with E-state index in [4.69, 9.17) is 11.6 Å². The fourth-order valence-electron chi connectivity index (χ4n) is 3.87. The predicted molar refractivity (Wildman–Crippen MR) is 97.1 cm³/mol. The quantitative estimate of drug-likeness (QED) is 0.667. The molecule has 1 N–H and O–H groups in total. The number of imide groups is 1. The van der Waals surface area contributed by atoms with Crippen molar-refractivity contribution in [1.29, 1.82) is 0 Å². The van der Waals surface area contributed by atoms with Crippen LogP contribution in [0.3, 0.4) is 0 Å². The smallest absolute Gasteiger partial charge is 0.319 e. The molecule has 2 aliphatic rings. The molecule has 1 saturated heterocycles. The van der Waals surface area contributed by atoms with Crippen molar-refractivity contribution in [2.75, 3.05) is 6.54 Å². The van der Waals surface area contributed by atoms with Crippen LogP contribution >= 0.6 is 11.6 Å². The lowest BCUT2D eigenvalue weighted by Crippen LogP contribution is -2.46. The van der Waals surface area contributed by atoms with Crippen molar-refractivity contribution < 1.29 is 14.4 Å². The van der Waals surface area contributed by atoms with Gasteiger partial charge in [0.15, 0.2) is 5.78 Å². The Morgan fingerprint density at radius 2 is 1.85 bits per heavy atom. The zero-order chi connectivity index (χ0) is 18.3. The summed E-state index contributed by atoms with van der Waals surface area (Å²) in [5.41, 5.74) is 1.14. The fourth-order valence-corrected chi connectivity index (χ4v) is 4.11. The first-order valence-corrected chi connectivity index (χ1v) is 8.91. The lowest BCUT2D eigenvalue weighted by atomic mass is 9.76. The zero-order valence-corrected chi connectivity index (χ0v) is 14.8. The zero-order valence-electron chi connectivity index (χ0n) is 14.0. The van der Waals surface area contributed by atoms with Gasteiger partial charge < -0.3 is 5.32 Å². The summed E-state index contributed by atoms with van der Waals surface area (Å²) in [7, 11) is 0. The van der Waals surface area contributed by atoms with Gasteiger partial charge in [-0.2, -0.15) is 0 Å². The minimum Gasteiger partial charge on any atom is -0.319 e. The van der Waals surface area contributed by atoms with Gasteiger partial charge in [0.05, 0.1) is 11.6 Å². The van der Waals surface area contributed by atoms with Crippen LogP contribution in [-0.2, 0) is 16.8 Å². The SMILES string of the molecule is O=C(CN1C(=O)N[C@]2(CCCc3ccccc32)C1=O)c1ccccc1Cl. The highest BCUT2D eigenvalue weighted by atomic mass is 35.5. The lowest BCUT2D eigenvalue weighted by molar-refractivity contribution is -0.131. The van der Waals surface area contributed by atoms with Gasteiger partial charge in [0.1, 0.15) is 5.54 Å². The largest absolute Gasteiger partial charge is 0.325 e. The number of urea groups is 1. The van der Waals surface area contributed by atoms with E-state index in [9.17, 15) is 14.4 Å².